The van der Waals surface area contributed by atoms with Crippen LogP contribution in [0.25, 0.3) is 0 Å². The fraction of sp³-hybridized carbons (Fsp3) is 0.167. The molecule has 1 heterocycles. The number of alkyl halides is 3. The number of nitrogens with two attached hydrogens (primary N) is 1. The van der Waals surface area contributed by atoms with Crippen molar-refractivity contribution >= 4 is 17.5 Å². The number of nitrogen functional groups attached to an aromatic ring is 1. The van der Waals surface area contributed by atoms with Crippen LogP contribution in [0.15, 0.2) is 30.3 Å². The smallest absolute Gasteiger partial charge is 0.433 e. The third-order valence-electron chi connectivity index (χ3n) is 2.40. The fourth-order valence-electron chi connectivity index (χ4n) is 1.56. The predicted molar refractivity (Wildman–Crippen MR) is 67.7 cm³/mol. The second kappa shape index (κ2) is 5.24. The van der Waals surface area contributed by atoms with Crippen LogP contribution in [0.2, 0.25) is 0 Å². The van der Waals surface area contributed by atoms with E-state index in [9.17, 15) is 13.2 Å². The van der Waals surface area contributed by atoms with Gasteiger partial charge in [0.2, 0.25) is 5.95 Å². The summed E-state index contributed by atoms with van der Waals surface area (Å²) in [6, 6.07) is 7.53. The predicted octanol–water partition coefficient (Wildman–Crippen LogP) is 2.83. The molecule has 3 N–H and O–H groups in total. The zero-order valence-corrected chi connectivity index (χ0v) is 10.4. The molecule has 2 rings (SSSR count). The van der Waals surface area contributed by atoms with E-state index in [0.717, 1.165) is 6.07 Å². The maximum absolute atomic E-state index is 12.6. The van der Waals surface area contributed by atoms with Gasteiger partial charge in [-0.3, -0.25) is 0 Å². The lowest BCUT2D eigenvalue weighted by Crippen LogP contribution is -2.12. The number of nitrogens with one attached hydrogen (secondary N) is 1. The summed E-state index contributed by atoms with van der Waals surface area (Å²) in [5.74, 6) is -0.0511. The lowest BCUT2D eigenvalue weighted by atomic mass is 10.3. The number of nitrogens with zero attached hydrogens (tertiary/aromatic N) is 2. The van der Waals surface area contributed by atoms with Crippen LogP contribution in [-0.2, 0) is 6.18 Å². The Balaban J connectivity index is 2.36. The van der Waals surface area contributed by atoms with Gasteiger partial charge >= 0.3 is 6.18 Å². The topological polar surface area (TPSA) is 73.1 Å². The molecule has 0 aliphatic rings. The Morgan fingerprint density at radius 2 is 1.90 bits per heavy atom. The van der Waals surface area contributed by atoms with Gasteiger partial charge in [0.1, 0.15) is 11.6 Å². The fourth-order valence-corrected chi connectivity index (χ4v) is 1.56. The number of rotatable bonds is 3. The summed E-state index contributed by atoms with van der Waals surface area (Å²) < 4.78 is 43.0. The van der Waals surface area contributed by atoms with Gasteiger partial charge in [0.25, 0.3) is 0 Å². The summed E-state index contributed by atoms with van der Waals surface area (Å²) in [5, 5.41) is 2.72. The molecule has 0 spiro atoms. The Labute approximate surface area is 112 Å². The molecule has 0 bridgehead atoms. The van der Waals surface area contributed by atoms with Gasteiger partial charge in [-0.1, -0.05) is 12.1 Å². The molecule has 0 fully saturated rings. The number of benzene rings is 1. The van der Waals surface area contributed by atoms with E-state index in [-0.39, 0.29) is 5.82 Å². The highest BCUT2D eigenvalue weighted by Crippen LogP contribution is 2.31. The minimum Gasteiger partial charge on any atom is -0.495 e. The Bertz CT molecular complexity index is 616. The van der Waals surface area contributed by atoms with E-state index in [1.807, 2.05) is 0 Å². The highest BCUT2D eigenvalue weighted by atomic mass is 19.4. The number of hydrogen-bond acceptors (Lipinski definition) is 5. The first-order chi connectivity index (χ1) is 9.40. The van der Waals surface area contributed by atoms with Crippen LogP contribution >= 0.6 is 0 Å². The van der Waals surface area contributed by atoms with E-state index in [2.05, 4.69) is 15.3 Å². The van der Waals surface area contributed by atoms with Crippen molar-refractivity contribution in [2.75, 3.05) is 18.2 Å². The molecular weight excluding hydrogens is 273 g/mol. The second-order valence-corrected chi connectivity index (χ2v) is 3.82. The van der Waals surface area contributed by atoms with Crippen molar-refractivity contribution in [3.05, 3.63) is 36.0 Å². The molecule has 1 aromatic heterocycles. The first-order valence-corrected chi connectivity index (χ1v) is 5.52. The number of methoxy groups -OCH3 is 1. The number of aromatic nitrogens is 2. The van der Waals surface area contributed by atoms with Crippen molar-refractivity contribution in [2.45, 2.75) is 6.18 Å². The maximum Gasteiger partial charge on any atom is 0.433 e. The van der Waals surface area contributed by atoms with E-state index < -0.39 is 17.8 Å². The molecule has 106 valence electrons. The summed E-state index contributed by atoms with van der Waals surface area (Å²) >= 11 is 0. The highest BCUT2D eigenvalue weighted by molar-refractivity contribution is 5.64. The number of halogens is 3. The Morgan fingerprint density at radius 1 is 1.20 bits per heavy atom. The summed E-state index contributed by atoms with van der Waals surface area (Å²) in [6.45, 7) is 0. The second-order valence-electron chi connectivity index (χ2n) is 3.82. The van der Waals surface area contributed by atoms with Crippen LogP contribution in [0, 0.1) is 0 Å². The quantitative estimate of drug-likeness (QED) is 0.906. The molecule has 5 nitrogen and oxygen atoms in total. The molecule has 0 saturated heterocycles. The number of anilines is 3. The van der Waals surface area contributed by atoms with Crippen molar-refractivity contribution in [1.29, 1.82) is 0 Å². The van der Waals surface area contributed by atoms with Crippen LogP contribution < -0.4 is 15.8 Å². The van der Waals surface area contributed by atoms with Gasteiger partial charge in [0.15, 0.2) is 5.69 Å². The molecule has 0 unspecified atom stereocenters. The molecule has 0 amide bonds. The lowest BCUT2D eigenvalue weighted by molar-refractivity contribution is -0.141. The van der Waals surface area contributed by atoms with E-state index in [1.54, 1.807) is 24.3 Å². The largest absolute Gasteiger partial charge is 0.495 e. The van der Waals surface area contributed by atoms with Gasteiger partial charge in [-0.05, 0) is 12.1 Å². The van der Waals surface area contributed by atoms with Gasteiger partial charge in [0.05, 0.1) is 12.8 Å². The summed E-state index contributed by atoms with van der Waals surface area (Å²) in [5.41, 5.74) is 4.65. The van der Waals surface area contributed by atoms with E-state index in [4.69, 9.17) is 10.5 Å². The summed E-state index contributed by atoms with van der Waals surface area (Å²) in [6.07, 6.45) is -4.59. The third kappa shape index (κ3) is 3.08. The van der Waals surface area contributed by atoms with Crippen molar-refractivity contribution in [2.24, 2.45) is 0 Å². The SMILES string of the molecule is COc1ccccc1Nc1cc(C(F)(F)F)nc(N)n1. The molecule has 1 aromatic carbocycles. The summed E-state index contributed by atoms with van der Waals surface area (Å²) in [7, 11) is 1.45. The van der Waals surface area contributed by atoms with Crippen molar-refractivity contribution < 1.29 is 17.9 Å². The highest BCUT2D eigenvalue weighted by Gasteiger charge is 2.33. The zero-order valence-electron chi connectivity index (χ0n) is 10.4. The molecule has 0 radical (unpaired) electrons. The monoisotopic (exact) mass is 284 g/mol. The van der Waals surface area contributed by atoms with Gasteiger partial charge in [-0.2, -0.15) is 18.2 Å². The number of para-hydroxylation sites is 2. The number of ether oxygens (including phenoxy) is 1. The van der Waals surface area contributed by atoms with Crippen molar-refractivity contribution in [3.63, 3.8) is 0 Å². The maximum atomic E-state index is 12.6. The third-order valence-corrected chi connectivity index (χ3v) is 2.40. The minimum absolute atomic E-state index is 0.0608. The molecule has 0 saturated carbocycles. The lowest BCUT2D eigenvalue weighted by Gasteiger charge is -2.12. The first kappa shape index (κ1) is 13.9. The molecule has 2 aromatic rings. The van der Waals surface area contributed by atoms with E-state index in [1.165, 1.54) is 7.11 Å². The van der Waals surface area contributed by atoms with Crippen molar-refractivity contribution in [1.82, 2.24) is 9.97 Å². The van der Waals surface area contributed by atoms with E-state index in [0.29, 0.717) is 11.4 Å². The Hall–Kier alpha value is -2.51. The van der Waals surface area contributed by atoms with Gasteiger partial charge in [0, 0.05) is 6.07 Å². The van der Waals surface area contributed by atoms with Crippen LogP contribution in [0.4, 0.5) is 30.6 Å². The Kier molecular flexibility index (Phi) is 3.64. The summed E-state index contributed by atoms with van der Waals surface area (Å²) in [4.78, 5) is 6.88. The molecule has 8 heteroatoms. The average Bonchev–Trinajstić information content (AvgIpc) is 2.37. The molecule has 0 aliphatic carbocycles. The van der Waals surface area contributed by atoms with Gasteiger partial charge in [-0.25, -0.2) is 4.98 Å². The van der Waals surface area contributed by atoms with Gasteiger partial charge in [-0.15, -0.1) is 0 Å². The molecular formula is C12H11F3N4O. The van der Waals surface area contributed by atoms with E-state index >= 15 is 0 Å². The normalized spacial score (nSPS) is 11.2. The minimum atomic E-state index is -4.59. The molecule has 20 heavy (non-hydrogen) atoms. The van der Waals surface area contributed by atoms with Crippen LogP contribution in [0.1, 0.15) is 5.69 Å². The molecule has 0 aliphatic heterocycles. The zero-order chi connectivity index (χ0) is 14.8. The molecule has 0 atom stereocenters. The van der Waals surface area contributed by atoms with Crippen LogP contribution in [-0.4, -0.2) is 17.1 Å². The van der Waals surface area contributed by atoms with Crippen LogP contribution in [0.5, 0.6) is 5.75 Å². The van der Waals surface area contributed by atoms with Gasteiger partial charge < -0.3 is 15.8 Å². The Morgan fingerprint density at radius 3 is 2.55 bits per heavy atom. The standard InChI is InChI=1S/C12H11F3N4O/c1-20-8-5-3-2-4-7(8)17-10-6-9(12(13,14)15)18-11(16)19-10/h2-6H,1H3,(H3,16,17,18,19). The first-order valence-electron chi connectivity index (χ1n) is 5.52. The number of hydrogen-bond donors (Lipinski definition) is 2. The van der Waals surface area contributed by atoms with Crippen molar-refractivity contribution in [3.8, 4) is 5.75 Å². The average molecular weight is 284 g/mol. The van der Waals surface area contributed by atoms with Crippen LogP contribution in [0.3, 0.4) is 0 Å².